The minimum Gasteiger partial charge on any atom is -0.491 e. The van der Waals surface area contributed by atoms with Gasteiger partial charge in [-0.15, -0.1) is 0 Å². The van der Waals surface area contributed by atoms with Crippen molar-refractivity contribution in [1.82, 2.24) is 9.55 Å². The zero-order valence-electron chi connectivity index (χ0n) is 9.78. The molecule has 0 fully saturated rings. The molecule has 4 nitrogen and oxygen atoms in total. The number of aliphatic hydroxyl groups is 1. The van der Waals surface area contributed by atoms with Crippen molar-refractivity contribution in [1.29, 1.82) is 0 Å². The van der Waals surface area contributed by atoms with E-state index in [-0.39, 0.29) is 6.61 Å². The van der Waals surface area contributed by atoms with Gasteiger partial charge in [0.2, 0.25) is 0 Å². The van der Waals surface area contributed by atoms with Gasteiger partial charge in [-0.3, -0.25) is 0 Å². The first kappa shape index (κ1) is 11.7. The Morgan fingerprint density at radius 3 is 2.76 bits per heavy atom. The van der Waals surface area contributed by atoms with Gasteiger partial charge in [-0.05, 0) is 19.1 Å². The number of hydrogen-bond acceptors (Lipinski definition) is 3. The first-order chi connectivity index (χ1) is 8.24. The number of rotatable bonds is 5. The van der Waals surface area contributed by atoms with Crippen molar-refractivity contribution < 1.29 is 9.84 Å². The van der Waals surface area contributed by atoms with Gasteiger partial charge in [-0.2, -0.15) is 0 Å². The smallest absolute Gasteiger partial charge is 0.119 e. The number of nitrogens with zero attached hydrogens (tertiary/aromatic N) is 2. The van der Waals surface area contributed by atoms with Gasteiger partial charge in [-0.25, -0.2) is 4.98 Å². The Kier molecular flexibility index (Phi) is 3.77. The lowest BCUT2D eigenvalue weighted by atomic mass is 10.3. The molecular formula is C13H16N2O2. The summed E-state index contributed by atoms with van der Waals surface area (Å²) in [6.07, 6.45) is 3.07. The Morgan fingerprint density at radius 1 is 1.35 bits per heavy atom. The molecule has 90 valence electrons. The van der Waals surface area contributed by atoms with Gasteiger partial charge >= 0.3 is 0 Å². The molecule has 0 aliphatic rings. The number of ether oxygens (including phenoxy) is 1. The van der Waals surface area contributed by atoms with Crippen LogP contribution >= 0.6 is 0 Å². The summed E-state index contributed by atoms with van der Waals surface area (Å²) in [5, 5.41) is 9.80. The van der Waals surface area contributed by atoms with E-state index in [1.165, 1.54) is 0 Å². The Morgan fingerprint density at radius 2 is 2.12 bits per heavy atom. The predicted molar refractivity (Wildman–Crippen MR) is 64.9 cm³/mol. The van der Waals surface area contributed by atoms with Gasteiger partial charge in [-0.1, -0.05) is 18.2 Å². The van der Waals surface area contributed by atoms with Crippen LogP contribution < -0.4 is 4.74 Å². The quantitative estimate of drug-likeness (QED) is 0.852. The van der Waals surface area contributed by atoms with Crippen LogP contribution in [0.2, 0.25) is 0 Å². The van der Waals surface area contributed by atoms with Crippen molar-refractivity contribution >= 4 is 0 Å². The number of imidazole rings is 1. The van der Waals surface area contributed by atoms with Crippen molar-refractivity contribution in [2.24, 2.45) is 0 Å². The number of benzene rings is 1. The van der Waals surface area contributed by atoms with Crippen molar-refractivity contribution in [3.05, 3.63) is 48.5 Å². The van der Waals surface area contributed by atoms with E-state index in [1.807, 2.05) is 48.0 Å². The van der Waals surface area contributed by atoms with E-state index in [0.717, 1.165) is 11.4 Å². The predicted octanol–water partition coefficient (Wildman–Crippen LogP) is 1.63. The normalized spacial score (nSPS) is 12.4. The van der Waals surface area contributed by atoms with Crippen molar-refractivity contribution in [3.63, 3.8) is 0 Å². The molecule has 0 radical (unpaired) electrons. The molecular weight excluding hydrogens is 216 g/mol. The lowest BCUT2D eigenvalue weighted by molar-refractivity contribution is 0.0924. The lowest BCUT2D eigenvalue weighted by Crippen LogP contribution is -2.22. The monoisotopic (exact) mass is 232 g/mol. The molecule has 0 amide bonds. The summed E-state index contributed by atoms with van der Waals surface area (Å²) in [5.74, 6) is 0.772. The molecule has 2 aromatic rings. The van der Waals surface area contributed by atoms with Crippen LogP contribution in [0, 0.1) is 6.92 Å². The van der Waals surface area contributed by atoms with Crippen molar-refractivity contribution in [3.8, 4) is 5.75 Å². The van der Waals surface area contributed by atoms with Gasteiger partial charge in [0.25, 0.3) is 0 Å². The number of hydrogen-bond donors (Lipinski definition) is 1. The molecule has 2 rings (SSSR count). The van der Waals surface area contributed by atoms with E-state index < -0.39 is 6.10 Å². The van der Waals surface area contributed by atoms with Gasteiger partial charge in [0.15, 0.2) is 0 Å². The fourth-order valence-electron chi connectivity index (χ4n) is 1.58. The Balaban J connectivity index is 1.80. The number of aliphatic hydroxyl groups excluding tert-OH is 1. The van der Waals surface area contributed by atoms with Gasteiger partial charge < -0.3 is 14.4 Å². The molecule has 0 spiro atoms. The minimum atomic E-state index is -0.538. The fraction of sp³-hybridized carbons (Fsp3) is 0.308. The molecule has 17 heavy (non-hydrogen) atoms. The van der Waals surface area contributed by atoms with Crippen LogP contribution in [0.5, 0.6) is 5.75 Å². The highest BCUT2D eigenvalue weighted by molar-refractivity contribution is 5.20. The topological polar surface area (TPSA) is 47.3 Å². The standard InChI is InChI=1S/C13H16N2O2/c1-11-7-15(10-14-11)8-12(16)9-17-13-5-3-2-4-6-13/h2-7,10,12,16H,8-9H2,1H3. The van der Waals surface area contributed by atoms with E-state index >= 15 is 0 Å². The minimum absolute atomic E-state index is 0.279. The van der Waals surface area contributed by atoms with E-state index in [4.69, 9.17) is 4.74 Å². The highest BCUT2D eigenvalue weighted by Crippen LogP contribution is 2.08. The summed E-state index contributed by atoms with van der Waals surface area (Å²) in [6, 6.07) is 9.47. The van der Waals surface area contributed by atoms with Gasteiger partial charge in [0, 0.05) is 6.20 Å². The van der Waals surface area contributed by atoms with Crippen LogP contribution in [0.25, 0.3) is 0 Å². The maximum absolute atomic E-state index is 9.80. The molecule has 1 heterocycles. The molecule has 1 aromatic carbocycles. The van der Waals surface area contributed by atoms with Crippen LogP contribution in [0.3, 0.4) is 0 Å². The molecule has 0 saturated heterocycles. The highest BCUT2D eigenvalue weighted by atomic mass is 16.5. The first-order valence-electron chi connectivity index (χ1n) is 5.58. The zero-order chi connectivity index (χ0) is 12.1. The number of para-hydroxylation sites is 1. The van der Waals surface area contributed by atoms with Gasteiger partial charge in [0.1, 0.15) is 18.5 Å². The summed E-state index contributed by atoms with van der Waals surface area (Å²) in [7, 11) is 0. The third kappa shape index (κ3) is 3.60. The second-order valence-corrected chi connectivity index (χ2v) is 3.99. The maximum atomic E-state index is 9.80. The van der Waals surface area contributed by atoms with Gasteiger partial charge in [0.05, 0.1) is 18.6 Å². The first-order valence-corrected chi connectivity index (χ1v) is 5.58. The molecule has 0 aliphatic heterocycles. The van der Waals surface area contributed by atoms with Crippen LogP contribution in [-0.2, 0) is 6.54 Å². The number of aryl methyl sites for hydroxylation is 1. The summed E-state index contributed by atoms with van der Waals surface area (Å²) in [4.78, 5) is 4.10. The lowest BCUT2D eigenvalue weighted by Gasteiger charge is -2.12. The second-order valence-electron chi connectivity index (χ2n) is 3.99. The molecule has 1 aromatic heterocycles. The van der Waals surface area contributed by atoms with Crippen LogP contribution in [0.15, 0.2) is 42.9 Å². The zero-order valence-corrected chi connectivity index (χ0v) is 9.78. The third-order valence-corrected chi connectivity index (χ3v) is 2.37. The average Bonchev–Trinajstić information content (AvgIpc) is 2.73. The fourth-order valence-corrected chi connectivity index (χ4v) is 1.58. The second kappa shape index (κ2) is 5.50. The van der Waals surface area contributed by atoms with E-state index in [1.54, 1.807) is 6.33 Å². The molecule has 1 unspecified atom stereocenters. The summed E-state index contributed by atoms with van der Waals surface area (Å²) >= 11 is 0. The highest BCUT2D eigenvalue weighted by Gasteiger charge is 2.06. The molecule has 1 N–H and O–H groups in total. The summed E-state index contributed by atoms with van der Waals surface area (Å²) in [6.45, 7) is 2.69. The van der Waals surface area contributed by atoms with E-state index in [2.05, 4.69) is 4.98 Å². The van der Waals surface area contributed by atoms with Crippen molar-refractivity contribution in [2.45, 2.75) is 19.6 Å². The molecule has 0 saturated carbocycles. The molecule has 0 bridgehead atoms. The SMILES string of the molecule is Cc1cn(CC(O)COc2ccccc2)cn1. The molecule has 4 heteroatoms. The Bertz CT molecular complexity index is 453. The summed E-state index contributed by atoms with van der Waals surface area (Å²) in [5.41, 5.74) is 0.946. The molecule has 1 atom stereocenters. The third-order valence-electron chi connectivity index (χ3n) is 2.37. The Hall–Kier alpha value is -1.81. The average molecular weight is 232 g/mol. The van der Waals surface area contributed by atoms with E-state index in [9.17, 15) is 5.11 Å². The van der Waals surface area contributed by atoms with Crippen LogP contribution in [0.1, 0.15) is 5.69 Å². The Labute approximate surface area is 100 Å². The van der Waals surface area contributed by atoms with Crippen LogP contribution in [0.4, 0.5) is 0 Å². The van der Waals surface area contributed by atoms with Crippen molar-refractivity contribution in [2.75, 3.05) is 6.61 Å². The van der Waals surface area contributed by atoms with E-state index in [0.29, 0.717) is 6.54 Å². The number of aromatic nitrogens is 2. The van der Waals surface area contributed by atoms with Crippen LogP contribution in [-0.4, -0.2) is 27.4 Å². The maximum Gasteiger partial charge on any atom is 0.119 e. The molecule has 0 aliphatic carbocycles. The largest absolute Gasteiger partial charge is 0.491 e. The summed E-state index contributed by atoms with van der Waals surface area (Å²) < 4.78 is 7.32.